The Hall–Kier alpha value is -1.84. The van der Waals surface area contributed by atoms with Crippen LogP contribution in [0.25, 0.3) is 0 Å². The van der Waals surface area contributed by atoms with E-state index in [1.54, 1.807) is 11.0 Å². The number of carbonyl (C=O) groups is 1. The highest BCUT2D eigenvalue weighted by molar-refractivity contribution is 7.89. The molecule has 1 fully saturated rings. The Bertz CT molecular complexity index is 753. The predicted octanol–water partition coefficient (Wildman–Crippen LogP) is 0.337. The van der Waals surface area contributed by atoms with Gasteiger partial charge in [0.2, 0.25) is 15.9 Å². The molecule has 2 aliphatic heterocycles. The van der Waals surface area contributed by atoms with Gasteiger partial charge in [0.1, 0.15) is 0 Å². The molecule has 1 aromatic carbocycles. The minimum absolute atomic E-state index is 0.0413. The van der Waals surface area contributed by atoms with Gasteiger partial charge in [0.25, 0.3) is 0 Å². The number of sulfonamides is 1. The molecule has 144 valence electrons. The van der Waals surface area contributed by atoms with Crippen LogP contribution < -0.4 is 19.5 Å². The minimum Gasteiger partial charge on any atom is -0.490 e. The fraction of sp³-hybridized carbons (Fsp3) is 0.588. The average Bonchev–Trinajstić information content (AvgIpc) is 2.86. The van der Waals surface area contributed by atoms with Gasteiger partial charge in [0.15, 0.2) is 11.5 Å². The summed E-state index contributed by atoms with van der Waals surface area (Å²) >= 11 is 0. The average molecular weight is 383 g/mol. The summed E-state index contributed by atoms with van der Waals surface area (Å²) in [4.78, 5) is 14.2. The first kappa shape index (κ1) is 18.9. The first-order chi connectivity index (χ1) is 12.5. The molecule has 3 rings (SSSR count). The maximum atomic E-state index is 12.5. The molecule has 2 heterocycles. The molecule has 0 saturated carbocycles. The van der Waals surface area contributed by atoms with Gasteiger partial charge in [-0.3, -0.25) is 4.79 Å². The molecule has 2 aliphatic rings. The lowest BCUT2D eigenvalue weighted by molar-refractivity contribution is -0.133. The normalized spacial score (nSPS) is 20.5. The fourth-order valence-electron chi connectivity index (χ4n) is 3.04. The zero-order valence-electron chi connectivity index (χ0n) is 14.9. The molecule has 0 radical (unpaired) electrons. The smallest absolute Gasteiger partial charge is 0.240 e. The van der Waals surface area contributed by atoms with Crippen molar-refractivity contribution in [2.45, 2.75) is 30.7 Å². The zero-order valence-corrected chi connectivity index (χ0v) is 15.7. The topological polar surface area (TPSA) is 97.0 Å². The van der Waals surface area contributed by atoms with E-state index >= 15 is 0 Å². The number of benzene rings is 1. The van der Waals surface area contributed by atoms with Gasteiger partial charge in [0.05, 0.1) is 18.1 Å². The second-order valence-corrected chi connectivity index (χ2v) is 8.21. The Balaban J connectivity index is 1.59. The third kappa shape index (κ3) is 4.46. The van der Waals surface area contributed by atoms with Crippen LogP contribution >= 0.6 is 0 Å². The summed E-state index contributed by atoms with van der Waals surface area (Å²) in [6.07, 6.45) is 0.885. The zero-order chi connectivity index (χ0) is 18.6. The van der Waals surface area contributed by atoms with Crippen LogP contribution in [0.15, 0.2) is 23.1 Å². The quantitative estimate of drug-likeness (QED) is 0.761. The number of carbonyl (C=O) groups excluding carboxylic acids is 1. The highest BCUT2D eigenvalue weighted by Gasteiger charge is 2.23. The van der Waals surface area contributed by atoms with E-state index in [-0.39, 0.29) is 29.8 Å². The molecule has 8 nitrogen and oxygen atoms in total. The Morgan fingerprint density at radius 3 is 2.85 bits per heavy atom. The maximum absolute atomic E-state index is 12.5. The second-order valence-electron chi connectivity index (χ2n) is 6.45. The van der Waals surface area contributed by atoms with E-state index in [9.17, 15) is 13.2 Å². The van der Waals surface area contributed by atoms with Crippen molar-refractivity contribution in [1.82, 2.24) is 14.9 Å². The summed E-state index contributed by atoms with van der Waals surface area (Å²) in [6.45, 7) is 5.24. The van der Waals surface area contributed by atoms with Gasteiger partial charge < -0.3 is 19.7 Å². The van der Waals surface area contributed by atoms with Crippen molar-refractivity contribution in [1.29, 1.82) is 0 Å². The number of amides is 1. The van der Waals surface area contributed by atoms with Crippen LogP contribution in [-0.4, -0.2) is 64.7 Å². The molecule has 2 N–H and O–H groups in total. The molecule has 0 aliphatic carbocycles. The summed E-state index contributed by atoms with van der Waals surface area (Å²) < 4.78 is 38.5. The van der Waals surface area contributed by atoms with Gasteiger partial charge in [-0.2, -0.15) is 0 Å². The molecule has 0 bridgehead atoms. The third-order valence-corrected chi connectivity index (χ3v) is 5.94. The highest BCUT2D eigenvalue weighted by Crippen LogP contribution is 2.31. The van der Waals surface area contributed by atoms with Gasteiger partial charge in [-0.15, -0.1) is 0 Å². The van der Waals surface area contributed by atoms with Crippen LogP contribution in [0.5, 0.6) is 11.5 Å². The van der Waals surface area contributed by atoms with E-state index in [0.717, 1.165) is 19.5 Å². The van der Waals surface area contributed by atoms with Crippen molar-refractivity contribution in [3.63, 3.8) is 0 Å². The van der Waals surface area contributed by atoms with E-state index in [1.165, 1.54) is 12.1 Å². The lowest BCUT2D eigenvalue weighted by Gasteiger charge is -2.34. The van der Waals surface area contributed by atoms with Crippen LogP contribution in [-0.2, 0) is 14.8 Å². The van der Waals surface area contributed by atoms with Gasteiger partial charge >= 0.3 is 0 Å². The van der Waals surface area contributed by atoms with Crippen molar-refractivity contribution >= 4 is 15.9 Å². The van der Waals surface area contributed by atoms with Gasteiger partial charge in [-0.1, -0.05) is 0 Å². The number of nitrogens with zero attached hydrogens (tertiary/aromatic N) is 1. The molecule has 1 atom stereocenters. The van der Waals surface area contributed by atoms with E-state index in [2.05, 4.69) is 10.0 Å². The Kier molecular flexibility index (Phi) is 6.00. The summed E-state index contributed by atoms with van der Waals surface area (Å²) in [6, 6.07) is 4.66. The lowest BCUT2D eigenvalue weighted by Crippen LogP contribution is -2.52. The highest BCUT2D eigenvalue weighted by atomic mass is 32.2. The SMILES string of the molecule is CC1CNCCN1C(=O)CCNS(=O)(=O)c1ccc2c(c1)OCCCO2. The molecular formula is C17H25N3O5S. The fourth-order valence-corrected chi connectivity index (χ4v) is 4.09. The van der Waals surface area contributed by atoms with E-state index < -0.39 is 10.0 Å². The molecule has 1 unspecified atom stereocenters. The van der Waals surface area contributed by atoms with E-state index in [4.69, 9.17) is 9.47 Å². The molecule has 0 spiro atoms. The maximum Gasteiger partial charge on any atom is 0.240 e. The van der Waals surface area contributed by atoms with Crippen molar-refractivity contribution in [2.75, 3.05) is 39.4 Å². The first-order valence-corrected chi connectivity index (χ1v) is 10.4. The lowest BCUT2D eigenvalue weighted by atomic mass is 10.2. The Labute approximate surface area is 153 Å². The number of fused-ring (bicyclic) bond motifs is 1. The molecule has 0 aromatic heterocycles. The van der Waals surface area contributed by atoms with Crippen LogP contribution in [0.1, 0.15) is 19.8 Å². The van der Waals surface area contributed by atoms with Crippen LogP contribution in [0.3, 0.4) is 0 Å². The predicted molar refractivity (Wildman–Crippen MR) is 95.9 cm³/mol. The van der Waals surface area contributed by atoms with Crippen LogP contribution in [0, 0.1) is 0 Å². The molecule has 9 heteroatoms. The molecule has 1 saturated heterocycles. The summed E-state index contributed by atoms with van der Waals surface area (Å²) in [7, 11) is -3.71. The summed E-state index contributed by atoms with van der Waals surface area (Å²) in [5, 5.41) is 3.22. The number of hydrogen-bond acceptors (Lipinski definition) is 6. The van der Waals surface area contributed by atoms with Crippen molar-refractivity contribution < 1.29 is 22.7 Å². The molecule has 1 aromatic rings. The van der Waals surface area contributed by atoms with Crippen molar-refractivity contribution in [3.05, 3.63) is 18.2 Å². The molecular weight excluding hydrogens is 358 g/mol. The van der Waals surface area contributed by atoms with Crippen molar-refractivity contribution in [3.8, 4) is 11.5 Å². The number of nitrogens with one attached hydrogen (secondary N) is 2. The number of hydrogen-bond donors (Lipinski definition) is 2. The van der Waals surface area contributed by atoms with Crippen LogP contribution in [0.2, 0.25) is 0 Å². The standard InChI is InChI=1S/C17H25N3O5S/c1-13-12-18-7-8-20(13)17(21)5-6-19-26(22,23)14-3-4-15-16(11-14)25-10-2-9-24-15/h3-4,11,13,18-19H,2,5-10,12H2,1H3. The third-order valence-electron chi connectivity index (χ3n) is 4.48. The summed E-state index contributed by atoms with van der Waals surface area (Å²) in [5.41, 5.74) is 0. The number of ether oxygens (including phenoxy) is 2. The molecule has 26 heavy (non-hydrogen) atoms. The number of rotatable bonds is 5. The first-order valence-electron chi connectivity index (χ1n) is 8.87. The number of piperazine rings is 1. The van der Waals surface area contributed by atoms with E-state index in [1.807, 2.05) is 6.92 Å². The largest absolute Gasteiger partial charge is 0.490 e. The van der Waals surface area contributed by atoms with Crippen molar-refractivity contribution in [2.24, 2.45) is 0 Å². The van der Waals surface area contributed by atoms with E-state index in [0.29, 0.717) is 31.3 Å². The van der Waals surface area contributed by atoms with Gasteiger partial charge in [-0.25, -0.2) is 13.1 Å². The summed E-state index contributed by atoms with van der Waals surface area (Å²) in [5.74, 6) is 0.931. The van der Waals surface area contributed by atoms with Crippen LogP contribution in [0.4, 0.5) is 0 Å². The monoisotopic (exact) mass is 383 g/mol. The Morgan fingerprint density at radius 1 is 1.31 bits per heavy atom. The molecule has 1 amide bonds. The van der Waals surface area contributed by atoms with Gasteiger partial charge in [-0.05, 0) is 19.1 Å². The minimum atomic E-state index is -3.71. The Morgan fingerprint density at radius 2 is 2.08 bits per heavy atom. The second kappa shape index (κ2) is 8.24. The van der Waals surface area contributed by atoms with Gasteiger partial charge in [0, 0.05) is 51.1 Å².